The predicted octanol–water partition coefficient (Wildman–Crippen LogP) is 3.29. The van der Waals surface area contributed by atoms with E-state index < -0.39 is 26.5 Å². The highest BCUT2D eigenvalue weighted by Crippen LogP contribution is 2.25. The smallest absolute Gasteiger partial charge is 0.483 e. The van der Waals surface area contributed by atoms with Gasteiger partial charge in [-0.2, -0.15) is 0 Å². The average Bonchev–Trinajstić information content (AvgIpc) is 2.42. The molecule has 0 heterocycles. The maximum atomic E-state index is 11.6. The Morgan fingerprint density at radius 1 is 1.00 bits per heavy atom. The summed E-state index contributed by atoms with van der Waals surface area (Å²) in [5, 5.41) is 0. The zero-order valence-corrected chi connectivity index (χ0v) is 16.6. The molecule has 7 heteroatoms. The minimum Gasteiger partial charge on any atom is -0.483 e. The lowest BCUT2D eigenvalue weighted by molar-refractivity contribution is -0.144. The highest BCUT2D eigenvalue weighted by atomic mass is 28.4. The molecule has 0 spiro atoms. The summed E-state index contributed by atoms with van der Waals surface area (Å²) < 4.78 is 16.0. The minimum atomic E-state index is -3.32. The Labute approximate surface area is 145 Å². The topological polar surface area (TPSA) is 78.9 Å². The molecule has 0 aromatic carbocycles. The van der Waals surface area contributed by atoms with E-state index in [9.17, 15) is 14.4 Å². The maximum Gasteiger partial charge on any atom is 0.503 e. The van der Waals surface area contributed by atoms with Crippen molar-refractivity contribution in [3.63, 3.8) is 0 Å². The molecule has 0 aliphatic rings. The van der Waals surface area contributed by atoms with E-state index in [2.05, 4.69) is 13.8 Å². The number of carbonyl (C=O) groups is 3. The fourth-order valence-corrected chi connectivity index (χ4v) is 5.48. The largest absolute Gasteiger partial charge is 0.503 e. The van der Waals surface area contributed by atoms with Gasteiger partial charge in [0.25, 0.3) is 11.9 Å². The Morgan fingerprint density at radius 3 is 1.96 bits per heavy atom. The highest BCUT2D eigenvalue weighted by molar-refractivity contribution is 6.70. The van der Waals surface area contributed by atoms with Crippen molar-refractivity contribution in [2.75, 3.05) is 6.23 Å². The number of esters is 1. The Morgan fingerprint density at radius 2 is 1.54 bits per heavy atom. The number of rotatable bonds is 10. The lowest BCUT2D eigenvalue weighted by Gasteiger charge is -2.30. The summed E-state index contributed by atoms with van der Waals surface area (Å²) >= 11 is 0. The molecule has 0 bridgehead atoms. The molecule has 0 rings (SSSR count). The van der Waals surface area contributed by atoms with E-state index in [4.69, 9.17) is 13.6 Å². The molecule has 0 aliphatic heterocycles. The predicted molar refractivity (Wildman–Crippen MR) is 93.1 cm³/mol. The van der Waals surface area contributed by atoms with Crippen LogP contribution in [0.3, 0.4) is 0 Å². The average molecular weight is 359 g/mol. The molecule has 0 aromatic rings. The van der Waals surface area contributed by atoms with Gasteiger partial charge in [-0.25, -0.2) is 4.79 Å². The van der Waals surface area contributed by atoms with Crippen LogP contribution in [0.5, 0.6) is 0 Å². The van der Waals surface area contributed by atoms with Crippen LogP contribution < -0.4 is 0 Å². The minimum absolute atomic E-state index is 0.179. The molecule has 0 aliphatic carbocycles. The molecule has 0 aromatic heterocycles. The van der Waals surface area contributed by atoms with Crippen LogP contribution >= 0.6 is 0 Å². The number of hydrogen-bond acceptors (Lipinski definition) is 6. The van der Waals surface area contributed by atoms with Crippen molar-refractivity contribution in [1.82, 2.24) is 0 Å². The molecule has 0 fully saturated rings. The lowest BCUT2D eigenvalue weighted by Crippen LogP contribution is -2.51. The van der Waals surface area contributed by atoms with Gasteiger partial charge >= 0.3 is 14.5 Å². The van der Waals surface area contributed by atoms with Crippen LogP contribution in [0.15, 0.2) is 12.2 Å². The van der Waals surface area contributed by atoms with E-state index in [0.717, 1.165) is 12.8 Å². The van der Waals surface area contributed by atoms with E-state index in [-0.39, 0.29) is 12.1 Å². The van der Waals surface area contributed by atoms with Gasteiger partial charge in [-0.1, -0.05) is 39.7 Å². The fourth-order valence-electron chi connectivity index (χ4n) is 2.36. The zero-order valence-electron chi connectivity index (χ0n) is 15.6. The van der Waals surface area contributed by atoms with Gasteiger partial charge in [0, 0.05) is 26.0 Å². The van der Waals surface area contributed by atoms with Crippen molar-refractivity contribution in [2.45, 2.75) is 60.4 Å². The van der Waals surface area contributed by atoms with Gasteiger partial charge in [-0.05, 0) is 18.8 Å². The van der Waals surface area contributed by atoms with Gasteiger partial charge in [0.05, 0.1) is 0 Å². The third-order valence-electron chi connectivity index (χ3n) is 3.29. The van der Waals surface area contributed by atoms with Gasteiger partial charge < -0.3 is 13.6 Å². The van der Waals surface area contributed by atoms with Crippen LogP contribution in [0.1, 0.15) is 54.4 Å². The second kappa shape index (κ2) is 11.0. The van der Waals surface area contributed by atoms with Crippen LogP contribution in [0.25, 0.3) is 0 Å². The first kappa shape index (κ1) is 22.4. The summed E-state index contributed by atoms with van der Waals surface area (Å²) in [5.74, 6) is -0.901. The quantitative estimate of drug-likeness (QED) is 0.339. The van der Waals surface area contributed by atoms with E-state index in [1.165, 1.54) is 19.9 Å². The van der Waals surface area contributed by atoms with Crippen molar-refractivity contribution in [2.24, 2.45) is 11.8 Å². The molecular weight excluding hydrogens is 328 g/mol. The standard InChI is InChI=1S/C17H30O6Si/c1-7-8-17(20)21-12-24(22-15(5)18,23-16(6)19)11-14(4)10-9-13(2)3/h7-8,13-14H,9-12H2,1-6H3. The molecule has 0 saturated heterocycles. The van der Waals surface area contributed by atoms with Gasteiger partial charge in [0.2, 0.25) is 0 Å². The van der Waals surface area contributed by atoms with Gasteiger partial charge in [0.1, 0.15) is 0 Å². The van der Waals surface area contributed by atoms with Crippen LogP contribution in [0.4, 0.5) is 0 Å². The van der Waals surface area contributed by atoms with Crippen molar-refractivity contribution in [1.29, 1.82) is 0 Å². The van der Waals surface area contributed by atoms with Crippen LogP contribution in [0.2, 0.25) is 6.04 Å². The van der Waals surface area contributed by atoms with Crippen LogP contribution in [-0.2, 0) is 28.0 Å². The second-order valence-electron chi connectivity index (χ2n) is 6.49. The van der Waals surface area contributed by atoms with Crippen LogP contribution in [0, 0.1) is 11.8 Å². The van der Waals surface area contributed by atoms with Crippen molar-refractivity contribution >= 4 is 26.5 Å². The SMILES string of the molecule is CC=CC(=O)OC[Si](CC(C)CCC(C)C)(OC(C)=O)OC(C)=O. The summed E-state index contributed by atoms with van der Waals surface area (Å²) in [7, 11) is -3.32. The number of carbonyl (C=O) groups excluding carboxylic acids is 3. The monoisotopic (exact) mass is 358 g/mol. The van der Waals surface area contributed by atoms with Gasteiger partial charge in [0.15, 0.2) is 6.23 Å². The second-order valence-corrected chi connectivity index (χ2v) is 9.41. The zero-order chi connectivity index (χ0) is 18.8. The molecule has 1 unspecified atom stereocenters. The highest BCUT2D eigenvalue weighted by Gasteiger charge is 2.47. The van der Waals surface area contributed by atoms with Crippen molar-refractivity contribution < 1.29 is 28.0 Å². The maximum absolute atomic E-state index is 11.6. The summed E-state index contributed by atoms with van der Waals surface area (Å²) in [6.07, 6.45) is 4.56. The van der Waals surface area contributed by atoms with Gasteiger partial charge in [-0.3, -0.25) is 9.59 Å². The molecule has 0 radical (unpaired) electrons. The van der Waals surface area contributed by atoms with E-state index >= 15 is 0 Å². The van der Waals surface area contributed by atoms with Crippen LogP contribution in [-0.4, -0.2) is 32.7 Å². The first-order valence-corrected chi connectivity index (χ1v) is 10.5. The Kier molecular flexibility index (Phi) is 10.3. The number of hydrogen-bond donors (Lipinski definition) is 0. The molecule has 0 amide bonds. The summed E-state index contributed by atoms with van der Waals surface area (Å²) in [5.41, 5.74) is 0. The van der Waals surface area contributed by atoms with E-state index in [1.807, 2.05) is 6.92 Å². The molecular formula is C17H30O6Si. The van der Waals surface area contributed by atoms with Crippen molar-refractivity contribution in [3.05, 3.63) is 12.2 Å². The summed E-state index contributed by atoms with van der Waals surface area (Å²) in [4.78, 5) is 34.6. The third-order valence-corrected chi connectivity index (χ3v) is 6.51. The Hall–Kier alpha value is -1.63. The molecule has 0 saturated carbocycles. The third kappa shape index (κ3) is 10.2. The Balaban J connectivity index is 5.20. The molecule has 1 atom stereocenters. The molecule has 6 nitrogen and oxygen atoms in total. The van der Waals surface area contributed by atoms with E-state index in [1.54, 1.807) is 13.0 Å². The summed E-state index contributed by atoms with van der Waals surface area (Å²) in [6, 6.07) is 0.405. The lowest BCUT2D eigenvalue weighted by atomic mass is 10.0. The molecule has 24 heavy (non-hydrogen) atoms. The normalized spacial score (nSPS) is 13.0. The first-order chi connectivity index (χ1) is 11.1. The molecule has 0 N–H and O–H groups in total. The van der Waals surface area contributed by atoms with Gasteiger partial charge in [-0.15, -0.1) is 0 Å². The fraction of sp³-hybridized carbons (Fsp3) is 0.706. The molecule has 138 valence electrons. The Bertz CT molecular complexity index is 442. The summed E-state index contributed by atoms with van der Waals surface area (Å²) in [6.45, 7) is 10.5. The van der Waals surface area contributed by atoms with Crippen molar-refractivity contribution in [3.8, 4) is 0 Å². The number of allylic oxidation sites excluding steroid dienone is 1. The van der Waals surface area contributed by atoms with E-state index in [0.29, 0.717) is 12.0 Å². The first-order valence-electron chi connectivity index (χ1n) is 8.28. The number of ether oxygens (including phenoxy) is 1.